The second kappa shape index (κ2) is 5.17. The molecular formula is C7H12N2. The van der Waals surface area contributed by atoms with Crippen LogP contribution in [0.25, 0.3) is 0 Å². The lowest BCUT2D eigenvalue weighted by Gasteiger charge is -1.88. The zero-order chi connectivity index (χ0) is 7.11. The summed E-state index contributed by atoms with van der Waals surface area (Å²) in [5, 5.41) is 3.36. The predicted molar refractivity (Wildman–Crippen MR) is 39.9 cm³/mol. The smallest absolute Gasteiger partial charge is 0.0544 e. The number of nitrogens with two attached hydrogens (primary N) is 1. The molecule has 0 bridgehead atoms. The molecule has 1 atom stereocenters. The highest BCUT2D eigenvalue weighted by atomic mass is 15.1. The van der Waals surface area contributed by atoms with Crippen LogP contribution >= 0.6 is 0 Å². The molecule has 0 saturated carbocycles. The Morgan fingerprint density at radius 1 is 1.78 bits per heavy atom. The van der Waals surface area contributed by atoms with Gasteiger partial charge in [-0.1, -0.05) is 12.8 Å². The molecule has 0 aliphatic rings. The van der Waals surface area contributed by atoms with E-state index in [4.69, 9.17) is 5.84 Å². The fraction of sp³-hybridized carbons (Fsp3) is 0.571. The van der Waals surface area contributed by atoms with Gasteiger partial charge in [-0.2, -0.15) is 5.10 Å². The summed E-state index contributed by atoms with van der Waals surface area (Å²) in [5.41, 5.74) is 0. The van der Waals surface area contributed by atoms with Crippen LogP contribution in [0.15, 0.2) is 5.10 Å². The van der Waals surface area contributed by atoms with E-state index in [1.54, 1.807) is 6.21 Å². The van der Waals surface area contributed by atoms with Crippen molar-refractivity contribution >= 4 is 6.21 Å². The molecule has 0 saturated heterocycles. The van der Waals surface area contributed by atoms with Gasteiger partial charge >= 0.3 is 0 Å². The van der Waals surface area contributed by atoms with Crippen LogP contribution in [-0.2, 0) is 0 Å². The molecule has 50 valence electrons. The van der Waals surface area contributed by atoms with E-state index < -0.39 is 0 Å². The van der Waals surface area contributed by atoms with E-state index >= 15 is 0 Å². The molecule has 0 aromatic heterocycles. The van der Waals surface area contributed by atoms with Crippen LogP contribution in [-0.4, -0.2) is 6.21 Å². The topological polar surface area (TPSA) is 38.4 Å². The SMILES string of the molecule is CCC#CC(C)/C=N/N. The maximum absolute atomic E-state index is 4.90. The van der Waals surface area contributed by atoms with Crippen molar-refractivity contribution in [3.05, 3.63) is 0 Å². The van der Waals surface area contributed by atoms with Gasteiger partial charge in [-0.3, -0.25) is 0 Å². The zero-order valence-electron chi connectivity index (χ0n) is 5.89. The van der Waals surface area contributed by atoms with Crippen LogP contribution < -0.4 is 5.84 Å². The van der Waals surface area contributed by atoms with Crippen molar-refractivity contribution in [2.45, 2.75) is 20.3 Å². The Morgan fingerprint density at radius 3 is 2.89 bits per heavy atom. The number of hydrazone groups is 1. The van der Waals surface area contributed by atoms with E-state index in [9.17, 15) is 0 Å². The predicted octanol–water partition coefficient (Wildman–Crippen LogP) is 0.980. The second-order valence-electron chi connectivity index (χ2n) is 1.76. The van der Waals surface area contributed by atoms with E-state index in [0.717, 1.165) is 6.42 Å². The first-order valence-corrected chi connectivity index (χ1v) is 3.03. The quantitative estimate of drug-likeness (QED) is 0.240. The standard InChI is InChI=1S/C7H12N2/c1-3-4-5-7(2)6-9-8/h6-7H,3,8H2,1-2H3/b9-6+. The molecular weight excluding hydrogens is 112 g/mol. The van der Waals surface area contributed by atoms with Gasteiger partial charge < -0.3 is 5.84 Å². The van der Waals surface area contributed by atoms with Crippen molar-refractivity contribution in [1.82, 2.24) is 0 Å². The highest BCUT2D eigenvalue weighted by molar-refractivity contribution is 5.63. The maximum atomic E-state index is 4.90. The zero-order valence-corrected chi connectivity index (χ0v) is 5.89. The maximum Gasteiger partial charge on any atom is 0.0544 e. The van der Waals surface area contributed by atoms with Crippen molar-refractivity contribution < 1.29 is 0 Å². The summed E-state index contributed by atoms with van der Waals surface area (Å²) in [6.07, 6.45) is 2.52. The third kappa shape index (κ3) is 4.89. The van der Waals surface area contributed by atoms with Crippen molar-refractivity contribution in [3.8, 4) is 11.8 Å². The molecule has 9 heavy (non-hydrogen) atoms. The van der Waals surface area contributed by atoms with E-state index in [0.29, 0.717) is 0 Å². The molecule has 2 heteroatoms. The fourth-order valence-electron chi connectivity index (χ4n) is 0.429. The summed E-state index contributed by atoms with van der Waals surface area (Å²) in [7, 11) is 0. The lowest BCUT2D eigenvalue weighted by atomic mass is 10.2. The minimum absolute atomic E-state index is 0.190. The van der Waals surface area contributed by atoms with Gasteiger partial charge in [0.15, 0.2) is 0 Å². The Kier molecular flexibility index (Phi) is 4.61. The molecule has 0 fully saturated rings. The van der Waals surface area contributed by atoms with Gasteiger partial charge in [-0.15, -0.1) is 5.92 Å². The average Bonchev–Trinajstić information content (AvgIpc) is 1.85. The first-order chi connectivity index (χ1) is 4.31. The highest BCUT2D eigenvalue weighted by Gasteiger charge is 1.85. The molecule has 0 amide bonds. The van der Waals surface area contributed by atoms with Gasteiger partial charge in [0, 0.05) is 12.6 Å². The van der Waals surface area contributed by atoms with Crippen LogP contribution in [0, 0.1) is 17.8 Å². The summed E-state index contributed by atoms with van der Waals surface area (Å²) < 4.78 is 0. The monoisotopic (exact) mass is 124 g/mol. The Bertz CT molecular complexity index is 139. The van der Waals surface area contributed by atoms with Gasteiger partial charge in [0.2, 0.25) is 0 Å². The molecule has 0 heterocycles. The van der Waals surface area contributed by atoms with E-state index in [-0.39, 0.29) is 5.92 Å². The van der Waals surface area contributed by atoms with Crippen LogP contribution in [0.5, 0.6) is 0 Å². The van der Waals surface area contributed by atoms with Crippen LogP contribution in [0.3, 0.4) is 0 Å². The third-order valence-corrected chi connectivity index (χ3v) is 0.816. The highest BCUT2D eigenvalue weighted by Crippen LogP contribution is 1.84. The van der Waals surface area contributed by atoms with Crippen molar-refractivity contribution in [2.24, 2.45) is 16.9 Å². The summed E-state index contributed by atoms with van der Waals surface area (Å²) >= 11 is 0. The number of hydrogen-bond donors (Lipinski definition) is 1. The summed E-state index contributed by atoms with van der Waals surface area (Å²) in [6, 6.07) is 0. The third-order valence-electron chi connectivity index (χ3n) is 0.816. The minimum atomic E-state index is 0.190. The largest absolute Gasteiger partial charge is 0.324 e. The summed E-state index contributed by atoms with van der Waals surface area (Å²) in [4.78, 5) is 0. The lowest BCUT2D eigenvalue weighted by molar-refractivity contribution is 1.04. The molecule has 1 unspecified atom stereocenters. The number of hydrogen-bond acceptors (Lipinski definition) is 2. The molecule has 2 N–H and O–H groups in total. The second-order valence-corrected chi connectivity index (χ2v) is 1.76. The molecule has 0 aromatic rings. The number of nitrogens with zero attached hydrogens (tertiary/aromatic N) is 1. The Morgan fingerprint density at radius 2 is 2.44 bits per heavy atom. The van der Waals surface area contributed by atoms with Crippen LogP contribution in [0.1, 0.15) is 20.3 Å². The first-order valence-electron chi connectivity index (χ1n) is 3.03. The normalized spacial score (nSPS) is 12.7. The van der Waals surface area contributed by atoms with Gasteiger partial charge in [0.25, 0.3) is 0 Å². The van der Waals surface area contributed by atoms with Gasteiger partial charge in [-0.05, 0) is 6.92 Å². The minimum Gasteiger partial charge on any atom is -0.324 e. The molecule has 0 aromatic carbocycles. The molecule has 0 aliphatic carbocycles. The Labute approximate surface area is 56.1 Å². The van der Waals surface area contributed by atoms with E-state index in [2.05, 4.69) is 16.9 Å². The van der Waals surface area contributed by atoms with Gasteiger partial charge in [0.1, 0.15) is 0 Å². The van der Waals surface area contributed by atoms with Crippen molar-refractivity contribution in [3.63, 3.8) is 0 Å². The Hall–Kier alpha value is -0.970. The van der Waals surface area contributed by atoms with Crippen molar-refractivity contribution in [1.29, 1.82) is 0 Å². The molecule has 0 rings (SSSR count). The molecule has 0 aliphatic heterocycles. The van der Waals surface area contributed by atoms with E-state index in [1.165, 1.54) is 0 Å². The van der Waals surface area contributed by atoms with Crippen LogP contribution in [0.2, 0.25) is 0 Å². The summed E-state index contributed by atoms with van der Waals surface area (Å²) in [6.45, 7) is 3.97. The van der Waals surface area contributed by atoms with E-state index in [1.807, 2.05) is 13.8 Å². The van der Waals surface area contributed by atoms with Crippen LogP contribution in [0.4, 0.5) is 0 Å². The fourth-order valence-corrected chi connectivity index (χ4v) is 0.429. The molecule has 0 spiro atoms. The van der Waals surface area contributed by atoms with Crippen molar-refractivity contribution in [2.75, 3.05) is 0 Å². The molecule has 2 nitrogen and oxygen atoms in total. The lowest BCUT2D eigenvalue weighted by Crippen LogP contribution is -1.93. The molecule has 0 radical (unpaired) electrons. The van der Waals surface area contributed by atoms with Gasteiger partial charge in [-0.25, -0.2) is 0 Å². The Balaban J connectivity index is 3.61. The average molecular weight is 124 g/mol. The number of rotatable bonds is 1. The first kappa shape index (κ1) is 8.03. The summed E-state index contributed by atoms with van der Waals surface area (Å²) in [5.74, 6) is 11.0. The van der Waals surface area contributed by atoms with Gasteiger partial charge in [0.05, 0.1) is 5.92 Å².